The molecule has 0 aliphatic rings. The van der Waals surface area contributed by atoms with Crippen molar-refractivity contribution in [1.82, 2.24) is 0 Å². The second-order valence-corrected chi connectivity index (χ2v) is 9.84. The molecule has 6 heteroatoms. The lowest BCUT2D eigenvalue weighted by Gasteiger charge is -2.12. The van der Waals surface area contributed by atoms with E-state index in [9.17, 15) is 18.1 Å². The van der Waals surface area contributed by atoms with Crippen molar-refractivity contribution in [3.63, 3.8) is 0 Å². The maximum absolute atomic E-state index is 11.4. The first-order valence-corrected chi connectivity index (χ1v) is 13.4. The van der Waals surface area contributed by atoms with E-state index >= 15 is 0 Å². The van der Waals surface area contributed by atoms with Crippen molar-refractivity contribution in [2.45, 2.75) is 95.3 Å². The number of unbranched alkanes of at least 4 members (excludes halogenated alkanes) is 11. The third kappa shape index (κ3) is 9.61. The second-order valence-electron chi connectivity index (χ2n) is 8.45. The number of ether oxygens (including phenoxy) is 1. The number of benzene rings is 2. The molecule has 0 heterocycles. The van der Waals surface area contributed by atoms with Crippen LogP contribution in [0.5, 0.6) is 17.2 Å². The molecule has 2 aromatic rings. The zero-order chi connectivity index (χ0) is 23.2. The number of aryl methyl sites for hydroxylation is 1. The van der Waals surface area contributed by atoms with Gasteiger partial charge in [-0.25, -0.2) is 0 Å². The molecular formula is C26H38O5S. The molecular weight excluding hydrogens is 424 g/mol. The molecule has 0 unspecified atom stereocenters. The van der Waals surface area contributed by atoms with E-state index in [-0.39, 0.29) is 5.75 Å². The number of aromatic hydroxyl groups is 1. The Morgan fingerprint density at radius 1 is 0.781 bits per heavy atom. The quantitative estimate of drug-likeness (QED) is 0.197. The van der Waals surface area contributed by atoms with Crippen LogP contribution in [0.3, 0.4) is 0 Å². The van der Waals surface area contributed by atoms with E-state index in [1.807, 2.05) is 24.3 Å². The van der Waals surface area contributed by atoms with Crippen LogP contribution in [0.2, 0.25) is 0 Å². The number of rotatable bonds is 16. The van der Waals surface area contributed by atoms with Crippen LogP contribution >= 0.6 is 0 Å². The maximum Gasteiger partial charge on any atom is 0.298 e. The lowest BCUT2D eigenvalue weighted by molar-refractivity contribution is 0.434. The minimum absolute atomic E-state index is 0.248. The standard InChI is InChI=1S/C26H38O5S/c1-2-3-4-5-6-7-8-9-10-11-12-13-16-22-17-14-15-18-25(22)31-23-19-20-24(27)26(21-23)32(28,29)30/h14-15,17-21,27H,2-13,16H2,1H3,(H,28,29,30). The highest BCUT2D eigenvalue weighted by Crippen LogP contribution is 2.32. The summed E-state index contributed by atoms with van der Waals surface area (Å²) in [6.45, 7) is 2.25. The molecule has 0 bridgehead atoms. The van der Waals surface area contributed by atoms with E-state index in [4.69, 9.17) is 4.74 Å². The summed E-state index contributed by atoms with van der Waals surface area (Å²) < 4.78 is 37.9. The molecule has 2 rings (SSSR count). The van der Waals surface area contributed by atoms with Gasteiger partial charge in [0.05, 0.1) is 0 Å². The van der Waals surface area contributed by atoms with Gasteiger partial charge < -0.3 is 9.84 Å². The number of phenols is 1. The van der Waals surface area contributed by atoms with Crippen molar-refractivity contribution in [1.29, 1.82) is 0 Å². The van der Waals surface area contributed by atoms with Crippen molar-refractivity contribution in [2.24, 2.45) is 0 Å². The molecule has 178 valence electrons. The highest BCUT2D eigenvalue weighted by Gasteiger charge is 2.17. The average Bonchev–Trinajstić information content (AvgIpc) is 2.76. The largest absolute Gasteiger partial charge is 0.506 e. The van der Waals surface area contributed by atoms with Gasteiger partial charge in [-0.1, -0.05) is 95.8 Å². The first-order chi connectivity index (χ1) is 15.4. The van der Waals surface area contributed by atoms with Gasteiger partial charge in [-0.3, -0.25) is 4.55 Å². The maximum atomic E-state index is 11.4. The smallest absolute Gasteiger partial charge is 0.298 e. The molecule has 5 nitrogen and oxygen atoms in total. The summed E-state index contributed by atoms with van der Waals surface area (Å²) >= 11 is 0. The summed E-state index contributed by atoms with van der Waals surface area (Å²) in [6.07, 6.45) is 16.5. The number of para-hydroxylation sites is 1. The molecule has 0 fully saturated rings. The predicted molar refractivity (Wildman–Crippen MR) is 129 cm³/mol. The van der Waals surface area contributed by atoms with E-state index in [0.717, 1.165) is 24.5 Å². The van der Waals surface area contributed by atoms with Gasteiger partial charge in [0.25, 0.3) is 10.1 Å². The molecule has 0 radical (unpaired) electrons. The van der Waals surface area contributed by atoms with E-state index in [1.165, 1.54) is 82.8 Å². The Morgan fingerprint density at radius 2 is 1.34 bits per heavy atom. The van der Waals surface area contributed by atoms with Gasteiger partial charge >= 0.3 is 0 Å². The van der Waals surface area contributed by atoms with Crippen LogP contribution in [0.4, 0.5) is 0 Å². The molecule has 0 saturated heterocycles. The van der Waals surface area contributed by atoms with Crippen LogP contribution < -0.4 is 4.74 Å². The van der Waals surface area contributed by atoms with Crippen LogP contribution in [-0.2, 0) is 16.5 Å². The Balaban J connectivity index is 1.73. The zero-order valence-corrected chi connectivity index (χ0v) is 20.1. The Labute approximate surface area is 193 Å². The Hall–Kier alpha value is -2.05. The molecule has 0 aliphatic heterocycles. The van der Waals surface area contributed by atoms with Crippen LogP contribution in [0, 0.1) is 0 Å². The predicted octanol–water partition coefficient (Wildman–Crippen LogP) is 7.67. The Morgan fingerprint density at radius 3 is 1.94 bits per heavy atom. The summed E-state index contributed by atoms with van der Waals surface area (Å²) in [5.41, 5.74) is 1.06. The van der Waals surface area contributed by atoms with E-state index < -0.39 is 20.8 Å². The lowest BCUT2D eigenvalue weighted by Crippen LogP contribution is -1.99. The zero-order valence-electron chi connectivity index (χ0n) is 19.3. The van der Waals surface area contributed by atoms with E-state index in [0.29, 0.717) is 5.75 Å². The van der Waals surface area contributed by atoms with Gasteiger partial charge in [-0.2, -0.15) is 8.42 Å². The van der Waals surface area contributed by atoms with Gasteiger partial charge in [-0.15, -0.1) is 0 Å². The van der Waals surface area contributed by atoms with Gasteiger partial charge in [0.2, 0.25) is 0 Å². The first kappa shape index (κ1) is 26.2. The Bertz CT molecular complexity index is 908. The Kier molecular flexibility index (Phi) is 11.6. The summed E-state index contributed by atoms with van der Waals surface area (Å²) in [7, 11) is -4.52. The number of hydrogen-bond donors (Lipinski definition) is 2. The van der Waals surface area contributed by atoms with Gasteiger partial charge in [0.15, 0.2) is 0 Å². The van der Waals surface area contributed by atoms with Crippen LogP contribution in [0.25, 0.3) is 0 Å². The molecule has 2 N–H and O–H groups in total. The molecule has 32 heavy (non-hydrogen) atoms. The number of phenolic OH excluding ortho intramolecular Hbond substituents is 1. The van der Waals surface area contributed by atoms with Crippen molar-refractivity contribution >= 4 is 10.1 Å². The third-order valence-corrected chi connectivity index (χ3v) is 6.59. The van der Waals surface area contributed by atoms with Crippen molar-refractivity contribution < 1.29 is 22.8 Å². The second kappa shape index (κ2) is 14.2. The van der Waals surface area contributed by atoms with E-state index in [1.54, 1.807) is 0 Å². The van der Waals surface area contributed by atoms with Crippen LogP contribution in [0.15, 0.2) is 47.4 Å². The molecule has 0 atom stereocenters. The van der Waals surface area contributed by atoms with Crippen molar-refractivity contribution in [3.8, 4) is 17.2 Å². The summed E-state index contributed by atoms with van der Waals surface area (Å²) in [4.78, 5) is -0.562. The fraction of sp³-hybridized carbons (Fsp3) is 0.538. The normalized spacial score (nSPS) is 11.6. The highest BCUT2D eigenvalue weighted by atomic mass is 32.2. The van der Waals surface area contributed by atoms with Crippen LogP contribution in [-0.4, -0.2) is 18.1 Å². The van der Waals surface area contributed by atoms with Crippen molar-refractivity contribution in [3.05, 3.63) is 48.0 Å². The minimum Gasteiger partial charge on any atom is -0.506 e. The molecule has 0 spiro atoms. The monoisotopic (exact) mass is 462 g/mol. The molecule has 0 aliphatic carbocycles. The molecule has 0 saturated carbocycles. The summed E-state index contributed by atoms with van der Waals surface area (Å²) in [6, 6.07) is 11.5. The minimum atomic E-state index is -4.52. The SMILES string of the molecule is CCCCCCCCCCCCCCc1ccccc1Oc1ccc(O)c(S(=O)(=O)O)c1. The molecule has 2 aromatic carbocycles. The van der Waals surface area contributed by atoms with E-state index in [2.05, 4.69) is 6.92 Å². The lowest BCUT2D eigenvalue weighted by atomic mass is 10.0. The number of hydrogen-bond acceptors (Lipinski definition) is 4. The highest BCUT2D eigenvalue weighted by molar-refractivity contribution is 7.86. The fourth-order valence-corrected chi connectivity index (χ4v) is 4.46. The molecule has 0 aromatic heterocycles. The topological polar surface area (TPSA) is 83.8 Å². The molecule has 0 amide bonds. The average molecular weight is 463 g/mol. The summed E-state index contributed by atoms with van der Waals surface area (Å²) in [5.74, 6) is 0.393. The fourth-order valence-electron chi connectivity index (χ4n) is 3.86. The van der Waals surface area contributed by atoms with Crippen LogP contribution in [0.1, 0.15) is 89.5 Å². The van der Waals surface area contributed by atoms with Gasteiger partial charge in [0, 0.05) is 6.07 Å². The van der Waals surface area contributed by atoms with Crippen molar-refractivity contribution in [2.75, 3.05) is 0 Å². The summed E-state index contributed by atoms with van der Waals surface area (Å²) in [5, 5.41) is 9.67. The van der Waals surface area contributed by atoms with Gasteiger partial charge in [-0.05, 0) is 36.6 Å². The third-order valence-electron chi connectivity index (χ3n) is 5.71. The first-order valence-electron chi connectivity index (χ1n) is 12.0. The van der Waals surface area contributed by atoms with Gasteiger partial charge in [0.1, 0.15) is 22.1 Å².